The third kappa shape index (κ3) is 3.15. The summed E-state index contributed by atoms with van der Waals surface area (Å²) >= 11 is 0. The van der Waals surface area contributed by atoms with Crippen molar-refractivity contribution >= 4 is 0 Å². The van der Waals surface area contributed by atoms with E-state index in [9.17, 15) is 5.11 Å². The van der Waals surface area contributed by atoms with Crippen molar-refractivity contribution in [1.29, 1.82) is 0 Å². The summed E-state index contributed by atoms with van der Waals surface area (Å²) in [6.07, 6.45) is 5.72. The molecule has 0 amide bonds. The smallest absolute Gasteiger partial charge is 0.105 e. The number of nitrogens with one attached hydrogen (secondary N) is 1. The lowest BCUT2D eigenvalue weighted by Gasteiger charge is -2.28. The van der Waals surface area contributed by atoms with E-state index >= 15 is 0 Å². The Morgan fingerprint density at radius 3 is 2.81 bits per heavy atom. The first-order chi connectivity index (χ1) is 10.1. The van der Waals surface area contributed by atoms with Gasteiger partial charge in [-0.25, -0.2) is 0 Å². The van der Waals surface area contributed by atoms with Gasteiger partial charge in [0.15, 0.2) is 0 Å². The zero-order chi connectivity index (χ0) is 14.9. The van der Waals surface area contributed by atoms with Gasteiger partial charge in [-0.05, 0) is 56.2 Å². The monoisotopic (exact) mass is 289 g/mol. The molecule has 1 aliphatic carbocycles. The summed E-state index contributed by atoms with van der Waals surface area (Å²) in [5.41, 5.74) is 3.64. The van der Waals surface area contributed by atoms with Gasteiger partial charge in [-0.3, -0.25) is 0 Å². The molecule has 0 radical (unpaired) electrons. The van der Waals surface area contributed by atoms with Gasteiger partial charge in [0.2, 0.25) is 0 Å². The molecule has 116 valence electrons. The van der Waals surface area contributed by atoms with Crippen molar-refractivity contribution in [2.75, 3.05) is 13.2 Å². The largest absolute Gasteiger partial charge is 0.386 e. The first-order valence-corrected chi connectivity index (χ1v) is 8.27. The highest BCUT2D eigenvalue weighted by Crippen LogP contribution is 2.27. The highest BCUT2D eigenvalue weighted by Gasteiger charge is 2.39. The molecular formula is C18H27NO2. The lowest BCUT2D eigenvalue weighted by atomic mass is 9.89. The maximum atomic E-state index is 10.6. The van der Waals surface area contributed by atoms with E-state index in [2.05, 4.69) is 30.4 Å². The van der Waals surface area contributed by atoms with E-state index in [0.717, 1.165) is 6.42 Å². The molecule has 0 bridgehead atoms. The van der Waals surface area contributed by atoms with Crippen LogP contribution in [-0.4, -0.2) is 30.0 Å². The molecule has 0 spiro atoms. The fourth-order valence-corrected chi connectivity index (χ4v) is 3.47. The number of hydrogen-bond acceptors (Lipinski definition) is 3. The lowest BCUT2D eigenvalue weighted by molar-refractivity contribution is -0.0274. The van der Waals surface area contributed by atoms with Gasteiger partial charge in [0.25, 0.3) is 0 Å². The summed E-state index contributed by atoms with van der Waals surface area (Å²) in [4.78, 5) is 0. The predicted molar refractivity (Wildman–Crippen MR) is 84.5 cm³/mol. The first-order valence-electron chi connectivity index (χ1n) is 8.27. The maximum Gasteiger partial charge on any atom is 0.105 e. The fraction of sp³-hybridized carbons (Fsp3) is 0.667. The molecule has 1 saturated heterocycles. The average molecular weight is 289 g/mol. The molecule has 3 rings (SSSR count). The fourth-order valence-electron chi connectivity index (χ4n) is 3.47. The molecule has 2 aliphatic rings. The van der Waals surface area contributed by atoms with Crippen LogP contribution in [0.25, 0.3) is 0 Å². The summed E-state index contributed by atoms with van der Waals surface area (Å²) in [5.74, 6) is 0. The topological polar surface area (TPSA) is 41.5 Å². The number of ether oxygens (including phenoxy) is 1. The molecular weight excluding hydrogens is 262 g/mol. The van der Waals surface area contributed by atoms with E-state index in [1.807, 2.05) is 6.92 Å². The minimum atomic E-state index is -0.720. The normalized spacial score (nSPS) is 30.1. The Morgan fingerprint density at radius 1 is 1.33 bits per heavy atom. The number of fused-ring (bicyclic) bond motifs is 1. The second-order valence-corrected chi connectivity index (χ2v) is 6.70. The van der Waals surface area contributed by atoms with Crippen LogP contribution in [0.4, 0.5) is 0 Å². The van der Waals surface area contributed by atoms with Gasteiger partial charge >= 0.3 is 0 Å². The van der Waals surface area contributed by atoms with Gasteiger partial charge in [-0.15, -0.1) is 0 Å². The number of hydrogen-bond donors (Lipinski definition) is 2. The lowest BCUT2D eigenvalue weighted by Crippen LogP contribution is -2.46. The van der Waals surface area contributed by atoms with Crippen LogP contribution in [0.2, 0.25) is 0 Å². The molecule has 0 aromatic heterocycles. The van der Waals surface area contributed by atoms with E-state index < -0.39 is 5.60 Å². The number of aryl methyl sites for hydroxylation is 2. The van der Waals surface area contributed by atoms with E-state index in [1.165, 1.54) is 42.4 Å². The van der Waals surface area contributed by atoms with Crippen LogP contribution in [0.15, 0.2) is 18.2 Å². The van der Waals surface area contributed by atoms with E-state index in [0.29, 0.717) is 13.2 Å². The Labute approximate surface area is 127 Å². The molecule has 21 heavy (non-hydrogen) atoms. The van der Waals surface area contributed by atoms with Gasteiger partial charge in [0.1, 0.15) is 5.60 Å². The van der Waals surface area contributed by atoms with Crippen molar-refractivity contribution in [2.45, 2.75) is 63.7 Å². The Kier molecular flexibility index (Phi) is 4.34. The van der Waals surface area contributed by atoms with Crippen LogP contribution in [0.1, 0.15) is 55.8 Å². The zero-order valence-electron chi connectivity index (χ0n) is 13.2. The molecule has 1 heterocycles. The van der Waals surface area contributed by atoms with Crippen LogP contribution in [-0.2, 0) is 17.6 Å². The van der Waals surface area contributed by atoms with E-state index in [4.69, 9.17) is 4.74 Å². The van der Waals surface area contributed by atoms with Crippen LogP contribution in [0.3, 0.4) is 0 Å². The molecule has 2 N–H and O–H groups in total. The Balaban J connectivity index is 1.64. The Bertz CT molecular complexity index is 502. The molecule has 1 aromatic rings. The standard InChI is InChI=1S/C18H27NO2/c1-13(19-12-18(20)9-10-21-14(18)2)16-8-7-15-5-3-4-6-17(15)11-16/h7-8,11,13-14,19-20H,3-6,9-10,12H2,1-2H3. The predicted octanol–water partition coefficient (Wildman–Crippen LogP) is 2.76. The van der Waals surface area contributed by atoms with Crippen molar-refractivity contribution in [1.82, 2.24) is 5.32 Å². The second-order valence-electron chi connectivity index (χ2n) is 6.70. The quantitative estimate of drug-likeness (QED) is 0.895. The van der Waals surface area contributed by atoms with Gasteiger partial charge in [0, 0.05) is 25.6 Å². The first kappa shape index (κ1) is 15.0. The van der Waals surface area contributed by atoms with Crippen LogP contribution >= 0.6 is 0 Å². The molecule has 3 atom stereocenters. The van der Waals surface area contributed by atoms with E-state index in [1.54, 1.807) is 0 Å². The minimum Gasteiger partial charge on any atom is -0.386 e. The molecule has 3 heteroatoms. The highest BCUT2D eigenvalue weighted by atomic mass is 16.5. The molecule has 1 fully saturated rings. The van der Waals surface area contributed by atoms with E-state index in [-0.39, 0.29) is 12.1 Å². The second kappa shape index (κ2) is 6.07. The van der Waals surface area contributed by atoms with Gasteiger partial charge in [-0.2, -0.15) is 0 Å². The summed E-state index contributed by atoms with van der Waals surface area (Å²) in [6, 6.07) is 7.14. The minimum absolute atomic E-state index is 0.0827. The Morgan fingerprint density at radius 2 is 2.10 bits per heavy atom. The molecule has 0 saturated carbocycles. The Hall–Kier alpha value is -0.900. The summed E-state index contributed by atoms with van der Waals surface area (Å²) in [7, 11) is 0. The summed E-state index contributed by atoms with van der Waals surface area (Å²) in [5, 5.41) is 14.0. The van der Waals surface area contributed by atoms with Crippen molar-refractivity contribution in [3.05, 3.63) is 34.9 Å². The van der Waals surface area contributed by atoms with Crippen molar-refractivity contribution in [3.63, 3.8) is 0 Å². The highest BCUT2D eigenvalue weighted by molar-refractivity contribution is 5.35. The summed E-state index contributed by atoms with van der Waals surface area (Å²) < 4.78 is 5.49. The molecule has 3 nitrogen and oxygen atoms in total. The van der Waals surface area contributed by atoms with Crippen molar-refractivity contribution in [2.24, 2.45) is 0 Å². The van der Waals surface area contributed by atoms with Gasteiger partial charge < -0.3 is 15.2 Å². The van der Waals surface area contributed by atoms with Crippen LogP contribution < -0.4 is 5.32 Å². The number of rotatable bonds is 4. The SMILES string of the molecule is CC(NCC1(O)CCOC1C)c1ccc2c(c1)CCCC2. The van der Waals surface area contributed by atoms with Crippen LogP contribution in [0.5, 0.6) is 0 Å². The zero-order valence-corrected chi connectivity index (χ0v) is 13.2. The third-order valence-corrected chi connectivity index (χ3v) is 5.25. The third-order valence-electron chi connectivity index (χ3n) is 5.25. The van der Waals surface area contributed by atoms with Crippen LogP contribution in [0, 0.1) is 0 Å². The number of aliphatic hydroxyl groups is 1. The molecule has 1 aliphatic heterocycles. The average Bonchev–Trinajstić information content (AvgIpc) is 2.84. The van der Waals surface area contributed by atoms with Crippen molar-refractivity contribution < 1.29 is 9.84 Å². The summed E-state index contributed by atoms with van der Waals surface area (Å²) in [6.45, 7) is 5.38. The number of benzene rings is 1. The van der Waals surface area contributed by atoms with Gasteiger partial charge in [0.05, 0.1) is 6.10 Å². The molecule has 1 aromatic carbocycles. The molecule has 3 unspecified atom stereocenters. The maximum absolute atomic E-state index is 10.6. The van der Waals surface area contributed by atoms with Crippen molar-refractivity contribution in [3.8, 4) is 0 Å². The van der Waals surface area contributed by atoms with Gasteiger partial charge in [-0.1, -0.05) is 18.2 Å².